The van der Waals surface area contributed by atoms with Crippen LogP contribution in [0, 0.1) is 18.8 Å². The smallest absolute Gasteiger partial charge is 0.133 e. The highest BCUT2D eigenvalue weighted by Gasteiger charge is 2.42. The van der Waals surface area contributed by atoms with Gasteiger partial charge in [0.25, 0.3) is 0 Å². The van der Waals surface area contributed by atoms with Gasteiger partial charge in [0.05, 0.1) is 29.1 Å². The Bertz CT molecular complexity index is 1200. The Hall–Kier alpha value is -2.74. The molecule has 29 heavy (non-hydrogen) atoms. The summed E-state index contributed by atoms with van der Waals surface area (Å²) in [6.07, 6.45) is 5.26. The first-order chi connectivity index (χ1) is 14.0. The van der Waals surface area contributed by atoms with E-state index in [9.17, 15) is 4.39 Å². The lowest BCUT2D eigenvalue weighted by atomic mass is 9.97. The Morgan fingerprint density at radius 1 is 1.24 bits per heavy atom. The molecule has 1 radical (unpaired) electrons. The first kappa shape index (κ1) is 18.3. The van der Waals surface area contributed by atoms with Gasteiger partial charge < -0.3 is 9.88 Å². The molecule has 1 atom stereocenters. The number of benzene rings is 2. The van der Waals surface area contributed by atoms with E-state index in [-0.39, 0.29) is 11.4 Å². The van der Waals surface area contributed by atoms with Gasteiger partial charge in [0.2, 0.25) is 0 Å². The Morgan fingerprint density at radius 3 is 2.83 bits per heavy atom. The van der Waals surface area contributed by atoms with Crippen LogP contribution in [0.15, 0.2) is 41.1 Å². The highest BCUT2D eigenvalue weighted by Crippen LogP contribution is 2.43. The monoisotopic (exact) mass is 453 g/mol. The lowest BCUT2D eigenvalue weighted by molar-refractivity contribution is 0.466. The minimum absolute atomic E-state index is 0.298. The second-order valence-corrected chi connectivity index (χ2v) is 8.48. The van der Waals surface area contributed by atoms with Crippen molar-refractivity contribution in [3.05, 3.63) is 64.4 Å². The van der Waals surface area contributed by atoms with Gasteiger partial charge in [-0.3, -0.25) is 0 Å². The SMILES string of the molecule is Cc1c[c]c(-n2nccn2)c(N2CCC[C@@]2(C)c2nc3c(Br)cc(F)cc3[nH]2)c1. The van der Waals surface area contributed by atoms with Crippen LogP contribution in [-0.2, 0) is 5.54 Å². The number of aromatic amines is 1. The third kappa shape index (κ3) is 2.93. The van der Waals surface area contributed by atoms with Crippen molar-refractivity contribution < 1.29 is 4.39 Å². The van der Waals surface area contributed by atoms with Gasteiger partial charge in [-0.25, -0.2) is 9.37 Å². The second-order valence-electron chi connectivity index (χ2n) is 7.63. The molecule has 0 bridgehead atoms. The zero-order chi connectivity index (χ0) is 20.2. The Kier molecular flexibility index (Phi) is 4.20. The molecule has 0 saturated carbocycles. The molecule has 0 amide bonds. The van der Waals surface area contributed by atoms with Crippen LogP contribution in [0.25, 0.3) is 16.7 Å². The van der Waals surface area contributed by atoms with E-state index in [1.54, 1.807) is 17.2 Å². The Labute approximate surface area is 175 Å². The average Bonchev–Trinajstić information content (AvgIpc) is 3.41. The number of nitrogens with zero attached hydrogens (tertiary/aromatic N) is 5. The quantitative estimate of drug-likeness (QED) is 0.489. The molecule has 1 N–H and O–H groups in total. The van der Waals surface area contributed by atoms with Crippen LogP contribution in [0.5, 0.6) is 0 Å². The van der Waals surface area contributed by atoms with E-state index in [0.29, 0.717) is 9.99 Å². The van der Waals surface area contributed by atoms with Gasteiger partial charge in [-0.1, -0.05) is 0 Å². The van der Waals surface area contributed by atoms with Gasteiger partial charge in [0.15, 0.2) is 0 Å². The van der Waals surface area contributed by atoms with Crippen molar-refractivity contribution in [2.45, 2.75) is 32.2 Å². The number of hydrogen-bond acceptors (Lipinski definition) is 4. The molecule has 2 aromatic heterocycles. The fraction of sp³-hybridized carbons (Fsp3) is 0.286. The number of H-pyrrole nitrogens is 1. The lowest BCUT2D eigenvalue weighted by Gasteiger charge is -2.36. The van der Waals surface area contributed by atoms with Crippen LogP contribution in [0.3, 0.4) is 0 Å². The van der Waals surface area contributed by atoms with E-state index < -0.39 is 0 Å². The Balaban J connectivity index is 1.66. The summed E-state index contributed by atoms with van der Waals surface area (Å²) in [4.78, 5) is 12.1. The maximum Gasteiger partial charge on any atom is 0.133 e. The van der Waals surface area contributed by atoms with Crippen molar-refractivity contribution in [2.24, 2.45) is 0 Å². The van der Waals surface area contributed by atoms with Gasteiger partial charge >= 0.3 is 0 Å². The number of aromatic nitrogens is 5. The van der Waals surface area contributed by atoms with Gasteiger partial charge in [0, 0.05) is 17.1 Å². The molecule has 5 rings (SSSR count). The number of nitrogens with one attached hydrogen (secondary N) is 1. The number of anilines is 1. The number of fused-ring (bicyclic) bond motifs is 1. The summed E-state index contributed by atoms with van der Waals surface area (Å²) in [5.74, 6) is 0.519. The first-order valence-corrected chi connectivity index (χ1v) is 10.3. The Morgan fingerprint density at radius 2 is 2.03 bits per heavy atom. The molecule has 1 aliphatic heterocycles. The van der Waals surface area contributed by atoms with Crippen LogP contribution in [-0.4, -0.2) is 31.5 Å². The predicted molar refractivity (Wildman–Crippen MR) is 113 cm³/mol. The fourth-order valence-corrected chi connectivity index (χ4v) is 4.69. The lowest BCUT2D eigenvalue weighted by Crippen LogP contribution is -2.40. The molecule has 147 valence electrons. The van der Waals surface area contributed by atoms with E-state index in [2.05, 4.69) is 62.0 Å². The largest absolute Gasteiger partial charge is 0.357 e. The molecule has 0 aliphatic carbocycles. The fourth-order valence-electron chi connectivity index (χ4n) is 4.17. The van der Waals surface area contributed by atoms with Gasteiger partial charge in [0.1, 0.15) is 22.8 Å². The average molecular weight is 454 g/mol. The van der Waals surface area contributed by atoms with E-state index in [1.165, 1.54) is 12.1 Å². The molecule has 0 unspecified atom stereocenters. The van der Waals surface area contributed by atoms with Crippen molar-refractivity contribution in [2.75, 3.05) is 11.4 Å². The summed E-state index contributed by atoms with van der Waals surface area (Å²) >= 11 is 3.43. The highest BCUT2D eigenvalue weighted by atomic mass is 79.9. The van der Waals surface area contributed by atoms with E-state index >= 15 is 0 Å². The molecule has 3 heterocycles. The van der Waals surface area contributed by atoms with Crippen LogP contribution in [0.1, 0.15) is 31.2 Å². The van der Waals surface area contributed by atoms with Gasteiger partial charge in [-0.2, -0.15) is 10.2 Å². The van der Waals surface area contributed by atoms with Crippen LogP contribution < -0.4 is 4.90 Å². The van der Waals surface area contributed by atoms with Crippen molar-refractivity contribution in [3.63, 3.8) is 0 Å². The van der Waals surface area contributed by atoms with Crippen LogP contribution >= 0.6 is 15.9 Å². The molecule has 6 nitrogen and oxygen atoms in total. The summed E-state index contributed by atoms with van der Waals surface area (Å²) < 4.78 is 14.5. The maximum absolute atomic E-state index is 13.9. The molecule has 1 saturated heterocycles. The summed E-state index contributed by atoms with van der Waals surface area (Å²) in [6, 6.07) is 10.3. The zero-order valence-corrected chi connectivity index (χ0v) is 17.7. The number of hydrogen-bond donors (Lipinski definition) is 1. The van der Waals surface area contributed by atoms with Crippen molar-refractivity contribution >= 4 is 32.7 Å². The van der Waals surface area contributed by atoms with Gasteiger partial charge in [-0.05, 0) is 72.4 Å². The van der Waals surface area contributed by atoms with Gasteiger partial charge in [-0.15, -0.1) is 4.80 Å². The molecule has 1 fully saturated rings. The van der Waals surface area contributed by atoms with Crippen LogP contribution in [0.4, 0.5) is 10.1 Å². The van der Waals surface area contributed by atoms with Crippen molar-refractivity contribution in [1.29, 1.82) is 0 Å². The number of halogens is 2. The highest BCUT2D eigenvalue weighted by molar-refractivity contribution is 9.10. The van der Waals surface area contributed by atoms with Crippen molar-refractivity contribution in [3.8, 4) is 5.69 Å². The molecular formula is C21H19BrFN6. The summed E-state index contributed by atoms with van der Waals surface area (Å²) in [5.41, 5.74) is 3.96. The summed E-state index contributed by atoms with van der Waals surface area (Å²) in [6.45, 7) is 5.09. The zero-order valence-electron chi connectivity index (χ0n) is 16.1. The molecule has 4 aromatic rings. The summed E-state index contributed by atoms with van der Waals surface area (Å²) in [7, 11) is 0. The molecule has 2 aromatic carbocycles. The van der Waals surface area contributed by atoms with Crippen molar-refractivity contribution in [1.82, 2.24) is 25.0 Å². The first-order valence-electron chi connectivity index (χ1n) is 9.47. The van der Waals surface area contributed by atoms with E-state index in [4.69, 9.17) is 4.98 Å². The minimum Gasteiger partial charge on any atom is -0.357 e. The minimum atomic E-state index is -0.377. The van der Waals surface area contributed by atoms with Crippen LogP contribution in [0.2, 0.25) is 0 Å². The summed E-state index contributed by atoms with van der Waals surface area (Å²) in [5, 5.41) is 8.60. The third-order valence-corrected chi connectivity index (χ3v) is 6.21. The topological polar surface area (TPSA) is 62.6 Å². The normalized spacial score (nSPS) is 19.4. The number of imidazole rings is 1. The molecule has 0 spiro atoms. The predicted octanol–water partition coefficient (Wildman–Crippen LogP) is 4.67. The standard InChI is InChI=1S/C21H19BrFN6/c1-13-4-5-17(29-24-7-8-25-29)18(10-13)28-9-3-6-21(28,2)20-26-16-12-14(23)11-15(22)19(16)27-20/h4,7-8,10-12H,3,6,9H2,1-2H3,(H,26,27)/t21-/m0/s1. The number of rotatable bonds is 3. The molecule has 8 heteroatoms. The van der Waals surface area contributed by atoms with E-state index in [0.717, 1.165) is 47.7 Å². The molecular weight excluding hydrogens is 435 g/mol. The third-order valence-electron chi connectivity index (χ3n) is 5.61. The second kappa shape index (κ2) is 6.66. The van der Waals surface area contributed by atoms with E-state index in [1.807, 2.05) is 6.07 Å². The maximum atomic E-state index is 13.9. The molecule has 1 aliphatic rings. The number of aryl methyl sites for hydroxylation is 1.